The first-order valence-electron chi connectivity index (χ1n) is 3.49. The third-order valence-electron chi connectivity index (χ3n) is 1.35. The first kappa shape index (κ1) is 8.39. The summed E-state index contributed by atoms with van der Waals surface area (Å²) in [5.74, 6) is 0. The average Bonchev–Trinajstić information content (AvgIpc) is 2.09. The molecule has 0 heterocycles. The summed E-state index contributed by atoms with van der Waals surface area (Å²) >= 11 is 0. The molecular formula is C8H9N3O. The van der Waals surface area contributed by atoms with Crippen molar-refractivity contribution in [3.05, 3.63) is 34.7 Å². The molecule has 1 N–H and O–H groups in total. The van der Waals surface area contributed by atoms with Crippen molar-refractivity contribution in [2.75, 3.05) is 5.43 Å². The van der Waals surface area contributed by atoms with E-state index in [1.54, 1.807) is 0 Å². The number of hydrogen-bond donors (Lipinski definition) is 1. The van der Waals surface area contributed by atoms with Crippen molar-refractivity contribution in [1.82, 2.24) is 0 Å². The van der Waals surface area contributed by atoms with Crippen molar-refractivity contribution in [2.24, 2.45) is 10.3 Å². The molecule has 0 aromatic heterocycles. The molecule has 0 saturated carbocycles. The van der Waals surface area contributed by atoms with Gasteiger partial charge in [0.15, 0.2) is 6.34 Å². The zero-order chi connectivity index (χ0) is 8.81. The Labute approximate surface area is 70.3 Å². The summed E-state index contributed by atoms with van der Waals surface area (Å²) in [5.41, 5.74) is 4.66. The number of nitrogens with one attached hydrogen (secondary N) is 1. The third kappa shape index (κ3) is 2.49. The Hall–Kier alpha value is -1.71. The summed E-state index contributed by atoms with van der Waals surface area (Å²) in [6.07, 6.45) is 0.917. The Morgan fingerprint density at radius 3 is 2.58 bits per heavy atom. The van der Waals surface area contributed by atoms with Crippen LogP contribution in [0.2, 0.25) is 0 Å². The molecule has 0 atom stereocenters. The molecular weight excluding hydrogens is 154 g/mol. The SMILES string of the molecule is Cc1ccc(NN=CN=O)cc1. The van der Waals surface area contributed by atoms with E-state index in [-0.39, 0.29) is 0 Å². The number of hydrogen-bond acceptors (Lipinski definition) is 3. The van der Waals surface area contributed by atoms with Gasteiger partial charge in [0, 0.05) is 0 Å². The fraction of sp³-hybridized carbons (Fsp3) is 0.125. The van der Waals surface area contributed by atoms with Crippen LogP contribution in [0, 0.1) is 11.8 Å². The van der Waals surface area contributed by atoms with Crippen molar-refractivity contribution in [3.8, 4) is 0 Å². The normalized spacial score (nSPS) is 10.1. The van der Waals surface area contributed by atoms with Gasteiger partial charge >= 0.3 is 0 Å². The highest BCUT2D eigenvalue weighted by atomic mass is 16.3. The molecule has 0 aliphatic rings. The third-order valence-corrected chi connectivity index (χ3v) is 1.35. The van der Waals surface area contributed by atoms with Crippen LogP contribution in [0.5, 0.6) is 0 Å². The largest absolute Gasteiger partial charge is 0.277 e. The maximum Gasteiger partial charge on any atom is 0.180 e. The zero-order valence-corrected chi connectivity index (χ0v) is 6.69. The van der Waals surface area contributed by atoms with Gasteiger partial charge in [-0.1, -0.05) is 17.7 Å². The molecule has 0 aliphatic carbocycles. The van der Waals surface area contributed by atoms with Gasteiger partial charge in [0.05, 0.1) is 5.69 Å². The van der Waals surface area contributed by atoms with Crippen LogP contribution < -0.4 is 5.43 Å². The molecule has 12 heavy (non-hydrogen) atoms. The fourth-order valence-corrected chi connectivity index (χ4v) is 0.755. The molecule has 0 unspecified atom stereocenters. The fourth-order valence-electron chi connectivity index (χ4n) is 0.755. The van der Waals surface area contributed by atoms with Crippen LogP contribution in [-0.4, -0.2) is 6.34 Å². The number of hydrazone groups is 1. The Balaban J connectivity index is 2.58. The molecule has 4 nitrogen and oxygen atoms in total. The predicted molar refractivity (Wildman–Crippen MR) is 49.1 cm³/mol. The molecule has 0 aliphatic heterocycles. The van der Waals surface area contributed by atoms with E-state index in [4.69, 9.17) is 0 Å². The molecule has 0 bridgehead atoms. The van der Waals surface area contributed by atoms with E-state index in [2.05, 4.69) is 15.7 Å². The number of nitrogens with zero attached hydrogens (tertiary/aromatic N) is 2. The van der Waals surface area contributed by atoms with Crippen LogP contribution in [0.15, 0.2) is 34.5 Å². The summed E-state index contributed by atoms with van der Waals surface area (Å²) in [7, 11) is 0. The first-order valence-corrected chi connectivity index (χ1v) is 3.49. The number of anilines is 1. The van der Waals surface area contributed by atoms with E-state index in [1.807, 2.05) is 31.2 Å². The Morgan fingerprint density at radius 2 is 2.00 bits per heavy atom. The van der Waals surface area contributed by atoms with E-state index >= 15 is 0 Å². The van der Waals surface area contributed by atoms with E-state index in [0.717, 1.165) is 12.0 Å². The van der Waals surface area contributed by atoms with Gasteiger partial charge in [0.1, 0.15) is 0 Å². The summed E-state index contributed by atoms with van der Waals surface area (Å²) < 4.78 is 0. The van der Waals surface area contributed by atoms with E-state index in [0.29, 0.717) is 0 Å². The maximum absolute atomic E-state index is 9.61. The van der Waals surface area contributed by atoms with E-state index < -0.39 is 0 Å². The van der Waals surface area contributed by atoms with Crippen molar-refractivity contribution in [2.45, 2.75) is 6.92 Å². The molecule has 62 valence electrons. The highest BCUT2D eigenvalue weighted by Crippen LogP contribution is 2.07. The monoisotopic (exact) mass is 163 g/mol. The summed E-state index contributed by atoms with van der Waals surface area (Å²) in [6.45, 7) is 2.00. The van der Waals surface area contributed by atoms with Gasteiger partial charge in [0.25, 0.3) is 0 Å². The van der Waals surface area contributed by atoms with Crippen LogP contribution in [0.4, 0.5) is 5.69 Å². The van der Waals surface area contributed by atoms with Crippen molar-refractivity contribution in [1.29, 1.82) is 0 Å². The van der Waals surface area contributed by atoms with Gasteiger partial charge in [0.2, 0.25) is 0 Å². The molecule has 4 heteroatoms. The van der Waals surface area contributed by atoms with E-state index in [1.165, 1.54) is 5.56 Å². The lowest BCUT2D eigenvalue weighted by molar-refractivity contribution is 1.33. The minimum Gasteiger partial charge on any atom is -0.277 e. The molecule has 0 saturated heterocycles. The van der Waals surface area contributed by atoms with Gasteiger partial charge in [-0.05, 0) is 24.2 Å². The van der Waals surface area contributed by atoms with Gasteiger partial charge in [-0.15, -0.1) is 4.91 Å². The van der Waals surface area contributed by atoms with Gasteiger partial charge in [-0.25, -0.2) is 0 Å². The van der Waals surface area contributed by atoms with Crippen LogP contribution >= 0.6 is 0 Å². The van der Waals surface area contributed by atoms with Crippen molar-refractivity contribution >= 4 is 12.0 Å². The lowest BCUT2D eigenvalue weighted by Gasteiger charge is -1.98. The Kier molecular flexibility index (Phi) is 2.95. The number of aryl methyl sites for hydroxylation is 1. The number of benzene rings is 1. The minimum atomic E-state index is 0.834. The molecule has 0 fully saturated rings. The van der Waals surface area contributed by atoms with Gasteiger partial charge < -0.3 is 0 Å². The molecule has 0 spiro atoms. The molecule has 1 aromatic rings. The van der Waals surface area contributed by atoms with Crippen LogP contribution in [0.25, 0.3) is 0 Å². The zero-order valence-electron chi connectivity index (χ0n) is 6.69. The maximum atomic E-state index is 9.61. The van der Waals surface area contributed by atoms with E-state index in [9.17, 15) is 4.91 Å². The molecule has 1 rings (SSSR count). The predicted octanol–water partition coefficient (Wildman–Crippen LogP) is 2.12. The first-order chi connectivity index (χ1) is 5.83. The van der Waals surface area contributed by atoms with Crippen molar-refractivity contribution < 1.29 is 0 Å². The molecule has 0 amide bonds. The summed E-state index contributed by atoms with van der Waals surface area (Å²) in [4.78, 5) is 9.61. The summed E-state index contributed by atoms with van der Waals surface area (Å²) in [6, 6.07) is 7.65. The highest BCUT2D eigenvalue weighted by molar-refractivity contribution is 5.57. The second kappa shape index (κ2) is 4.23. The quantitative estimate of drug-likeness (QED) is 0.321. The van der Waals surface area contributed by atoms with Gasteiger partial charge in [-0.3, -0.25) is 5.43 Å². The Bertz CT molecular complexity index is 279. The molecule has 0 radical (unpaired) electrons. The Morgan fingerprint density at radius 1 is 1.33 bits per heavy atom. The summed E-state index contributed by atoms with van der Waals surface area (Å²) in [5, 5.41) is 6.00. The molecule has 1 aromatic carbocycles. The topological polar surface area (TPSA) is 53.8 Å². The number of rotatable bonds is 3. The smallest absolute Gasteiger partial charge is 0.180 e. The minimum absolute atomic E-state index is 0.834. The van der Waals surface area contributed by atoms with Crippen LogP contribution in [0.1, 0.15) is 5.56 Å². The van der Waals surface area contributed by atoms with Crippen LogP contribution in [0.3, 0.4) is 0 Å². The van der Waals surface area contributed by atoms with Crippen molar-refractivity contribution in [3.63, 3.8) is 0 Å². The second-order valence-electron chi connectivity index (χ2n) is 2.33. The van der Waals surface area contributed by atoms with Gasteiger partial charge in [-0.2, -0.15) is 5.10 Å². The highest BCUT2D eigenvalue weighted by Gasteiger charge is 1.86. The lowest BCUT2D eigenvalue weighted by atomic mass is 10.2. The average molecular weight is 163 g/mol. The lowest BCUT2D eigenvalue weighted by Crippen LogP contribution is -1.87. The second-order valence-corrected chi connectivity index (χ2v) is 2.33. The van der Waals surface area contributed by atoms with Crippen LogP contribution in [-0.2, 0) is 0 Å². The number of nitroso groups, excluding NO2 is 1. The standard InChI is InChI=1S/C8H9N3O/c1-7-2-4-8(5-3-7)11-9-6-10-12/h2-6,11H,1H3.